The van der Waals surface area contributed by atoms with Gasteiger partial charge < -0.3 is 24.6 Å². The van der Waals surface area contributed by atoms with Gasteiger partial charge in [-0.05, 0) is 42.9 Å². The maximum absolute atomic E-state index is 13.1. The SMILES string of the molecule is COC(=O)C(CC(=O)N1CCC2(CCN(C(=O)c3cc(Cl)nc(OC)c3)CC2)C1)NC(=O)c1ccccc1. The summed E-state index contributed by atoms with van der Waals surface area (Å²) in [5, 5.41) is 2.82. The lowest BCUT2D eigenvalue weighted by Gasteiger charge is -2.39. The number of esters is 1. The number of hydrogen-bond donors (Lipinski definition) is 1. The molecule has 1 atom stereocenters. The van der Waals surface area contributed by atoms with Crippen LogP contribution in [0.15, 0.2) is 42.5 Å². The van der Waals surface area contributed by atoms with Crippen molar-refractivity contribution in [1.29, 1.82) is 0 Å². The molecule has 2 aliphatic rings. The van der Waals surface area contributed by atoms with Crippen molar-refractivity contribution >= 4 is 35.3 Å². The summed E-state index contributed by atoms with van der Waals surface area (Å²) >= 11 is 6.03. The topological polar surface area (TPSA) is 118 Å². The Balaban J connectivity index is 1.34. The number of halogens is 1. The molecule has 1 aromatic heterocycles. The maximum Gasteiger partial charge on any atom is 0.328 e. The minimum atomic E-state index is -1.08. The molecular weight excluding hydrogens is 512 g/mol. The Hall–Kier alpha value is -3.66. The van der Waals surface area contributed by atoms with E-state index in [1.807, 2.05) is 0 Å². The third-order valence-corrected chi connectivity index (χ3v) is 7.53. The summed E-state index contributed by atoms with van der Waals surface area (Å²) in [4.78, 5) is 58.6. The zero-order chi connectivity index (χ0) is 27.3. The molecule has 11 heteroatoms. The molecule has 2 saturated heterocycles. The summed E-state index contributed by atoms with van der Waals surface area (Å²) in [6.45, 7) is 2.22. The number of pyridine rings is 1. The summed E-state index contributed by atoms with van der Waals surface area (Å²) in [7, 11) is 2.69. The van der Waals surface area contributed by atoms with Crippen LogP contribution in [0.1, 0.15) is 46.4 Å². The van der Waals surface area contributed by atoms with E-state index in [-0.39, 0.29) is 34.7 Å². The van der Waals surface area contributed by atoms with Crippen molar-refractivity contribution in [3.8, 4) is 5.88 Å². The molecule has 0 bridgehead atoms. The number of aromatic nitrogens is 1. The molecule has 1 spiro atoms. The number of piperidine rings is 1. The number of ether oxygens (including phenoxy) is 2. The van der Waals surface area contributed by atoms with Crippen molar-refractivity contribution in [2.45, 2.75) is 31.7 Å². The molecule has 2 fully saturated rings. The van der Waals surface area contributed by atoms with E-state index in [1.165, 1.54) is 20.3 Å². The molecule has 1 unspecified atom stereocenters. The molecule has 1 aromatic carbocycles. The Morgan fingerprint density at radius 3 is 2.29 bits per heavy atom. The summed E-state index contributed by atoms with van der Waals surface area (Å²) in [6.07, 6.45) is 2.14. The van der Waals surface area contributed by atoms with Gasteiger partial charge in [0.05, 0.1) is 20.6 Å². The van der Waals surface area contributed by atoms with Crippen LogP contribution in [0.3, 0.4) is 0 Å². The first-order valence-electron chi connectivity index (χ1n) is 12.5. The summed E-state index contributed by atoms with van der Waals surface area (Å²) in [6, 6.07) is 10.5. The zero-order valence-electron chi connectivity index (χ0n) is 21.4. The fraction of sp³-hybridized carbons (Fsp3) is 0.444. The zero-order valence-corrected chi connectivity index (χ0v) is 22.2. The number of benzene rings is 1. The Morgan fingerprint density at radius 2 is 1.66 bits per heavy atom. The molecule has 1 N–H and O–H groups in total. The fourth-order valence-electron chi connectivity index (χ4n) is 5.09. The van der Waals surface area contributed by atoms with Gasteiger partial charge in [0.15, 0.2) is 0 Å². The maximum atomic E-state index is 13.1. The lowest BCUT2D eigenvalue weighted by molar-refractivity contribution is -0.146. The van der Waals surface area contributed by atoms with Crippen molar-refractivity contribution < 1.29 is 28.7 Å². The van der Waals surface area contributed by atoms with E-state index < -0.39 is 17.9 Å². The Kier molecular flexibility index (Phi) is 8.51. The largest absolute Gasteiger partial charge is 0.481 e. The van der Waals surface area contributed by atoms with Crippen LogP contribution >= 0.6 is 11.6 Å². The minimum absolute atomic E-state index is 0.0892. The first kappa shape index (κ1) is 27.4. The number of rotatable bonds is 7. The van der Waals surface area contributed by atoms with Gasteiger partial charge in [0.1, 0.15) is 11.2 Å². The molecule has 3 heterocycles. The predicted molar refractivity (Wildman–Crippen MR) is 139 cm³/mol. The van der Waals surface area contributed by atoms with Crippen molar-refractivity contribution in [2.75, 3.05) is 40.4 Å². The quantitative estimate of drug-likeness (QED) is 0.422. The monoisotopic (exact) mass is 542 g/mol. The van der Waals surface area contributed by atoms with E-state index in [0.29, 0.717) is 37.3 Å². The molecule has 4 rings (SSSR count). The van der Waals surface area contributed by atoms with Gasteiger partial charge in [-0.15, -0.1) is 0 Å². The van der Waals surface area contributed by atoms with Gasteiger partial charge in [0, 0.05) is 43.4 Å². The van der Waals surface area contributed by atoms with Crippen LogP contribution in [-0.4, -0.2) is 84.9 Å². The van der Waals surface area contributed by atoms with Gasteiger partial charge in [0.2, 0.25) is 11.8 Å². The number of carbonyl (C=O) groups is 4. The Labute approximate surface area is 226 Å². The number of methoxy groups -OCH3 is 2. The first-order valence-corrected chi connectivity index (χ1v) is 12.8. The second-order valence-corrected chi connectivity index (χ2v) is 10.1. The number of carbonyl (C=O) groups excluding carboxylic acids is 4. The molecular formula is C27H31ClN4O6. The molecule has 2 aromatic rings. The van der Waals surface area contributed by atoms with Crippen molar-refractivity contribution in [3.05, 3.63) is 58.7 Å². The third-order valence-electron chi connectivity index (χ3n) is 7.33. The van der Waals surface area contributed by atoms with E-state index in [2.05, 4.69) is 10.3 Å². The lowest BCUT2D eigenvalue weighted by Crippen LogP contribution is -2.47. The smallest absolute Gasteiger partial charge is 0.328 e. The number of nitrogens with zero attached hydrogens (tertiary/aromatic N) is 3. The molecule has 0 saturated carbocycles. The van der Waals surface area contributed by atoms with Crippen LogP contribution in [0.2, 0.25) is 5.15 Å². The normalized spacial score (nSPS) is 17.1. The third kappa shape index (κ3) is 6.24. The molecule has 38 heavy (non-hydrogen) atoms. The van der Waals surface area contributed by atoms with E-state index in [9.17, 15) is 19.2 Å². The van der Waals surface area contributed by atoms with E-state index in [1.54, 1.807) is 46.2 Å². The van der Waals surface area contributed by atoms with Crippen LogP contribution in [0, 0.1) is 5.41 Å². The second-order valence-electron chi connectivity index (χ2n) is 9.70. The molecule has 10 nitrogen and oxygen atoms in total. The average Bonchev–Trinajstić information content (AvgIpc) is 3.35. The predicted octanol–water partition coefficient (Wildman–Crippen LogP) is 2.56. The van der Waals surface area contributed by atoms with Gasteiger partial charge in [-0.2, -0.15) is 0 Å². The fourth-order valence-corrected chi connectivity index (χ4v) is 5.29. The summed E-state index contributed by atoms with van der Waals surface area (Å²) in [5.41, 5.74) is 0.726. The number of hydrogen-bond acceptors (Lipinski definition) is 7. The van der Waals surface area contributed by atoms with Crippen molar-refractivity contribution in [3.63, 3.8) is 0 Å². The van der Waals surface area contributed by atoms with Gasteiger partial charge in [0.25, 0.3) is 11.8 Å². The van der Waals surface area contributed by atoms with Crippen molar-refractivity contribution in [1.82, 2.24) is 20.1 Å². The van der Waals surface area contributed by atoms with Gasteiger partial charge in [-0.1, -0.05) is 29.8 Å². The van der Waals surface area contributed by atoms with Crippen LogP contribution in [-0.2, 0) is 14.3 Å². The van der Waals surface area contributed by atoms with Crippen molar-refractivity contribution in [2.24, 2.45) is 5.41 Å². The molecule has 2 aliphatic heterocycles. The van der Waals surface area contributed by atoms with Crippen LogP contribution in [0.4, 0.5) is 0 Å². The Morgan fingerprint density at radius 1 is 1.00 bits per heavy atom. The van der Waals surface area contributed by atoms with E-state index >= 15 is 0 Å². The standard InChI is InChI=1S/C27H31ClN4O6/c1-37-22-15-19(14-21(28)30-22)25(35)31-11-8-27(9-12-31)10-13-32(17-27)23(33)16-20(26(36)38-2)29-24(34)18-6-4-3-5-7-18/h3-7,14-15,20H,8-13,16-17H2,1-2H3,(H,29,34). The summed E-state index contributed by atoms with van der Waals surface area (Å²) in [5.74, 6) is -1.19. The highest BCUT2D eigenvalue weighted by Crippen LogP contribution is 2.41. The average molecular weight is 543 g/mol. The highest BCUT2D eigenvalue weighted by molar-refractivity contribution is 6.29. The highest BCUT2D eigenvalue weighted by atomic mass is 35.5. The van der Waals surface area contributed by atoms with Gasteiger partial charge in [-0.3, -0.25) is 14.4 Å². The van der Waals surface area contributed by atoms with Gasteiger partial charge >= 0.3 is 5.97 Å². The van der Waals surface area contributed by atoms with Crippen LogP contribution in [0.25, 0.3) is 0 Å². The molecule has 3 amide bonds. The first-order chi connectivity index (χ1) is 18.2. The summed E-state index contributed by atoms with van der Waals surface area (Å²) < 4.78 is 9.95. The lowest BCUT2D eigenvalue weighted by atomic mass is 9.77. The van der Waals surface area contributed by atoms with E-state index in [4.69, 9.17) is 21.1 Å². The Bertz CT molecular complexity index is 1200. The van der Waals surface area contributed by atoms with E-state index in [0.717, 1.165) is 19.3 Å². The minimum Gasteiger partial charge on any atom is -0.481 e. The van der Waals surface area contributed by atoms with Crippen LogP contribution < -0.4 is 10.1 Å². The highest BCUT2D eigenvalue weighted by Gasteiger charge is 2.43. The number of amides is 3. The van der Waals surface area contributed by atoms with Gasteiger partial charge in [-0.25, -0.2) is 9.78 Å². The molecule has 0 aliphatic carbocycles. The number of nitrogens with one attached hydrogen (secondary N) is 1. The second kappa shape index (κ2) is 11.8. The molecule has 202 valence electrons. The molecule has 0 radical (unpaired) electrons. The number of likely N-dealkylation sites (tertiary alicyclic amines) is 2. The van der Waals surface area contributed by atoms with Crippen LogP contribution in [0.5, 0.6) is 5.88 Å².